The van der Waals surface area contributed by atoms with Crippen LogP contribution in [-0.2, 0) is 0 Å². The van der Waals surface area contributed by atoms with Crippen molar-refractivity contribution in [1.29, 1.82) is 0 Å². The number of rotatable bonds is 4. The van der Waals surface area contributed by atoms with Crippen molar-refractivity contribution < 1.29 is 0 Å². The Hall–Kier alpha value is 0.270. The third-order valence-electron chi connectivity index (χ3n) is 3.90. The highest BCUT2D eigenvalue weighted by Gasteiger charge is 2.34. The fourth-order valence-corrected chi connectivity index (χ4v) is 4.08. The van der Waals surface area contributed by atoms with Gasteiger partial charge in [-0.1, -0.05) is 13.3 Å². The molecule has 16 heavy (non-hydrogen) atoms. The highest BCUT2D eigenvalue weighted by atomic mass is 32.2. The Morgan fingerprint density at radius 2 is 2.19 bits per heavy atom. The van der Waals surface area contributed by atoms with Crippen molar-refractivity contribution in [2.24, 2.45) is 0 Å². The van der Waals surface area contributed by atoms with E-state index in [1.54, 1.807) is 0 Å². The van der Waals surface area contributed by atoms with E-state index in [0.717, 1.165) is 0 Å². The van der Waals surface area contributed by atoms with E-state index in [1.165, 1.54) is 69.8 Å². The topological polar surface area (TPSA) is 15.3 Å². The number of nitrogens with zero attached hydrogens (tertiary/aromatic N) is 1. The fourth-order valence-electron chi connectivity index (χ4n) is 3.16. The van der Waals surface area contributed by atoms with Gasteiger partial charge in [-0.2, -0.15) is 11.8 Å². The van der Waals surface area contributed by atoms with Crippen LogP contribution in [0.3, 0.4) is 0 Å². The number of thioether (sulfide) groups is 1. The Kier molecular flexibility index (Phi) is 4.98. The smallest absolute Gasteiger partial charge is 0.0309 e. The summed E-state index contributed by atoms with van der Waals surface area (Å²) in [6.07, 6.45) is 6.83. The minimum atomic E-state index is 0.462. The second-order valence-electron chi connectivity index (χ2n) is 5.30. The summed E-state index contributed by atoms with van der Waals surface area (Å²) in [6, 6.07) is 0. The largest absolute Gasteiger partial charge is 0.310 e. The molecule has 0 aromatic rings. The number of nitrogens with one attached hydrogen (secondary N) is 1. The second-order valence-corrected chi connectivity index (χ2v) is 6.53. The molecule has 1 unspecified atom stereocenters. The van der Waals surface area contributed by atoms with Crippen molar-refractivity contribution in [1.82, 2.24) is 10.2 Å². The third-order valence-corrected chi connectivity index (χ3v) is 4.95. The van der Waals surface area contributed by atoms with Crippen molar-refractivity contribution >= 4 is 11.8 Å². The molecule has 0 aromatic carbocycles. The van der Waals surface area contributed by atoms with Crippen LogP contribution in [0.15, 0.2) is 0 Å². The Bertz CT molecular complexity index is 194. The molecule has 2 rings (SSSR count). The quantitative estimate of drug-likeness (QED) is 0.815. The molecule has 2 heterocycles. The summed E-state index contributed by atoms with van der Waals surface area (Å²) < 4.78 is 0. The van der Waals surface area contributed by atoms with E-state index >= 15 is 0 Å². The van der Waals surface area contributed by atoms with Crippen LogP contribution >= 0.6 is 11.8 Å². The first-order valence-corrected chi connectivity index (χ1v) is 8.05. The molecule has 0 amide bonds. The SMILES string of the molecule is CCCC1(CN2CCCSCC2)CCCN1. The molecule has 3 heteroatoms. The summed E-state index contributed by atoms with van der Waals surface area (Å²) in [4.78, 5) is 2.70. The maximum Gasteiger partial charge on any atom is 0.0309 e. The molecule has 0 saturated carbocycles. The molecular formula is C13H26N2S. The van der Waals surface area contributed by atoms with Gasteiger partial charge in [0, 0.05) is 24.4 Å². The van der Waals surface area contributed by atoms with E-state index in [1.807, 2.05) is 0 Å². The molecule has 2 saturated heterocycles. The van der Waals surface area contributed by atoms with Gasteiger partial charge >= 0.3 is 0 Å². The zero-order chi connectivity index (χ0) is 11.3. The van der Waals surface area contributed by atoms with Crippen molar-refractivity contribution in [2.75, 3.05) is 37.7 Å². The van der Waals surface area contributed by atoms with Crippen LogP contribution in [0.1, 0.15) is 39.0 Å². The first-order chi connectivity index (χ1) is 7.85. The van der Waals surface area contributed by atoms with E-state index in [2.05, 4.69) is 28.9 Å². The summed E-state index contributed by atoms with van der Waals surface area (Å²) in [5, 5.41) is 3.79. The van der Waals surface area contributed by atoms with E-state index in [9.17, 15) is 0 Å². The molecular weight excluding hydrogens is 216 g/mol. The van der Waals surface area contributed by atoms with Crippen molar-refractivity contribution in [3.05, 3.63) is 0 Å². The molecule has 0 spiro atoms. The van der Waals surface area contributed by atoms with Gasteiger partial charge in [0.25, 0.3) is 0 Å². The van der Waals surface area contributed by atoms with Gasteiger partial charge in [0.15, 0.2) is 0 Å². The van der Waals surface area contributed by atoms with Crippen LogP contribution in [0.4, 0.5) is 0 Å². The molecule has 0 aliphatic carbocycles. The van der Waals surface area contributed by atoms with Gasteiger partial charge in [-0.15, -0.1) is 0 Å². The van der Waals surface area contributed by atoms with Gasteiger partial charge in [0.05, 0.1) is 0 Å². The molecule has 0 aromatic heterocycles. The van der Waals surface area contributed by atoms with Gasteiger partial charge in [-0.25, -0.2) is 0 Å². The predicted molar refractivity (Wildman–Crippen MR) is 73.3 cm³/mol. The van der Waals surface area contributed by atoms with Gasteiger partial charge in [0.2, 0.25) is 0 Å². The monoisotopic (exact) mass is 242 g/mol. The summed E-state index contributed by atoms with van der Waals surface area (Å²) in [7, 11) is 0. The first-order valence-electron chi connectivity index (χ1n) is 6.90. The van der Waals surface area contributed by atoms with E-state index in [-0.39, 0.29) is 0 Å². The van der Waals surface area contributed by atoms with Crippen LogP contribution in [0.2, 0.25) is 0 Å². The van der Waals surface area contributed by atoms with Crippen molar-refractivity contribution in [3.63, 3.8) is 0 Å². The Morgan fingerprint density at radius 3 is 2.94 bits per heavy atom. The van der Waals surface area contributed by atoms with Crippen LogP contribution in [0.25, 0.3) is 0 Å². The summed E-state index contributed by atoms with van der Waals surface area (Å²) in [5.41, 5.74) is 0.462. The standard InChI is InChI=1S/C13H26N2S/c1-2-5-13(6-3-7-14-13)12-15-8-4-10-16-11-9-15/h14H,2-12H2,1H3. The molecule has 2 aliphatic heterocycles. The van der Waals surface area contributed by atoms with Crippen LogP contribution in [0, 0.1) is 0 Å². The van der Waals surface area contributed by atoms with Gasteiger partial charge in [-0.05, 0) is 44.5 Å². The van der Waals surface area contributed by atoms with Gasteiger partial charge < -0.3 is 10.2 Å². The molecule has 0 radical (unpaired) electrons. The maximum atomic E-state index is 3.79. The number of hydrogen-bond donors (Lipinski definition) is 1. The minimum Gasteiger partial charge on any atom is -0.310 e. The minimum absolute atomic E-state index is 0.462. The Labute approximate surface area is 105 Å². The zero-order valence-corrected chi connectivity index (χ0v) is 11.5. The lowest BCUT2D eigenvalue weighted by atomic mass is 9.91. The highest BCUT2D eigenvalue weighted by molar-refractivity contribution is 7.99. The highest BCUT2D eigenvalue weighted by Crippen LogP contribution is 2.26. The summed E-state index contributed by atoms with van der Waals surface area (Å²) >= 11 is 2.13. The molecule has 94 valence electrons. The maximum absolute atomic E-state index is 3.79. The average molecular weight is 242 g/mol. The average Bonchev–Trinajstić information content (AvgIpc) is 2.57. The van der Waals surface area contributed by atoms with Gasteiger partial charge in [0.1, 0.15) is 0 Å². The van der Waals surface area contributed by atoms with Crippen LogP contribution in [0.5, 0.6) is 0 Å². The Balaban J connectivity index is 1.88. The number of hydrogen-bond acceptors (Lipinski definition) is 3. The normalized spacial score (nSPS) is 32.8. The van der Waals surface area contributed by atoms with Crippen LogP contribution in [-0.4, -0.2) is 48.1 Å². The lowest BCUT2D eigenvalue weighted by molar-refractivity contribution is 0.193. The van der Waals surface area contributed by atoms with E-state index in [0.29, 0.717) is 5.54 Å². The molecule has 2 nitrogen and oxygen atoms in total. The second kappa shape index (κ2) is 6.27. The molecule has 2 aliphatic rings. The predicted octanol–water partition coefficient (Wildman–Crippen LogP) is 2.35. The molecule has 1 atom stereocenters. The van der Waals surface area contributed by atoms with Crippen molar-refractivity contribution in [2.45, 2.75) is 44.6 Å². The summed E-state index contributed by atoms with van der Waals surface area (Å²) in [6.45, 7) is 7.47. The molecule has 1 N–H and O–H groups in total. The zero-order valence-electron chi connectivity index (χ0n) is 10.6. The lowest BCUT2D eigenvalue weighted by Gasteiger charge is -2.35. The van der Waals surface area contributed by atoms with Crippen molar-refractivity contribution in [3.8, 4) is 0 Å². The lowest BCUT2D eigenvalue weighted by Crippen LogP contribution is -2.50. The van der Waals surface area contributed by atoms with Gasteiger partial charge in [-0.3, -0.25) is 0 Å². The van der Waals surface area contributed by atoms with E-state index in [4.69, 9.17) is 0 Å². The summed E-state index contributed by atoms with van der Waals surface area (Å²) in [5.74, 6) is 2.70. The molecule has 0 bridgehead atoms. The first kappa shape index (κ1) is 12.7. The van der Waals surface area contributed by atoms with E-state index < -0.39 is 0 Å². The Morgan fingerprint density at radius 1 is 1.25 bits per heavy atom. The molecule has 2 fully saturated rings. The third kappa shape index (κ3) is 3.38. The van der Waals surface area contributed by atoms with Crippen LogP contribution < -0.4 is 5.32 Å². The fraction of sp³-hybridized carbons (Fsp3) is 1.00.